The number of anilines is 1. The van der Waals surface area contributed by atoms with Crippen LogP contribution in [0.4, 0.5) is 5.69 Å². The summed E-state index contributed by atoms with van der Waals surface area (Å²) in [5, 5.41) is 3.29. The summed E-state index contributed by atoms with van der Waals surface area (Å²) in [6.45, 7) is 3.39. The van der Waals surface area contributed by atoms with E-state index in [4.69, 9.17) is 0 Å². The van der Waals surface area contributed by atoms with Gasteiger partial charge in [-0.25, -0.2) is 0 Å². The molecule has 1 aromatic carbocycles. The Hall–Kier alpha value is -1.10. The van der Waals surface area contributed by atoms with Crippen LogP contribution in [0.5, 0.6) is 0 Å². The molecule has 1 amide bonds. The molecule has 0 bridgehead atoms. The number of benzene rings is 1. The highest BCUT2D eigenvalue weighted by atomic mass is 35.5. The van der Waals surface area contributed by atoms with Gasteiger partial charge in [0.15, 0.2) is 0 Å². The van der Waals surface area contributed by atoms with E-state index in [2.05, 4.69) is 22.3 Å². The van der Waals surface area contributed by atoms with Crippen molar-refractivity contribution in [2.75, 3.05) is 38.1 Å². The first kappa shape index (κ1) is 15.3. The standard InChI is InChI=1S/C15H21N3O.ClH/c1-16-13-7-8-17(10-13)11-15(19)18-9-6-12-4-2-3-5-14(12)18;/h2-5,13,16H,6-11H2,1H3;1H. The summed E-state index contributed by atoms with van der Waals surface area (Å²) in [5.41, 5.74) is 2.40. The number of para-hydroxylation sites is 1. The molecule has 4 nitrogen and oxygen atoms in total. The minimum atomic E-state index is 0. The summed E-state index contributed by atoms with van der Waals surface area (Å²) in [7, 11) is 1.99. The number of carbonyl (C=O) groups is 1. The lowest BCUT2D eigenvalue weighted by atomic mass is 10.2. The van der Waals surface area contributed by atoms with Crippen molar-refractivity contribution in [2.24, 2.45) is 0 Å². The zero-order chi connectivity index (χ0) is 13.2. The number of halogens is 1. The van der Waals surface area contributed by atoms with Gasteiger partial charge in [-0.1, -0.05) is 18.2 Å². The summed E-state index contributed by atoms with van der Waals surface area (Å²) in [5.74, 6) is 0.238. The molecule has 0 spiro atoms. The van der Waals surface area contributed by atoms with Crippen LogP contribution in [-0.4, -0.2) is 50.1 Å². The van der Waals surface area contributed by atoms with Crippen LogP contribution in [-0.2, 0) is 11.2 Å². The molecule has 1 unspecified atom stereocenters. The zero-order valence-corrected chi connectivity index (χ0v) is 12.7. The number of nitrogens with zero attached hydrogens (tertiary/aromatic N) is 2. The lowest BCUT2D eigenvalue weighted by molar-refractivity contribution is -0.119. The molecule has 2 heterocycles. The smallest absolute Gasteiger partial charge is 0.241 e. The van der Waals surface area contributed by atoms with Crippen LogP contribution in [0.1, 0.15) is 12.0 Å². The van der Waals surface area contributed by atoms with E-state index in [-0.39, 0.29) is 18.3 Å². The SMILES string of the molecule is CNC1CCN(CC(=O)N2CCc3ccccc32)C1.Cl. The first-order valence-electron chi connectivity index (χ1n) is 7.06. The van der Waals surface area contributed by atoms with Crippen LogP contribution >= 0.6 is 12.4 Å². The zero-order valence-electron chi connectivity index (χ0n) is 11.8. The van der Waals surface area contributed by atoms with E-state index >= 15 is 0 Å². The van der Waals surface area contributed by atoms with Gasteiger partial charge in [-0.15, -0.1) is 12.4 Å². The molecule has 3 rings (SSSR count). The fourth-order valence-electron chi connectivity index (χ4n) is 3.09. The maximum Gasteiger partial charge on any atom is 0.241 e. The third kappa shape index (κ3) is 2.97. The Morgan fingerprint density at radius 1 is 1.35 bits per heavy atom. The van der Waals surface area contributed by atoms with E-state index in [1.165, 1.54) is 5.56 Å². The second kappa shape index (κ2) is 6.57. The van der Waals surface area contributed by atoms with Gasteiger partial charge in [0.1, 0.15) is 0 Å². The van der Waals surface area contributed by atoms with E-state index in [9.17, 15) is 4.79 Å². The average molecular weight is 296 g/mol. The highest BCUT2D eigenvalue weighted by molar-refractivity contribution is 5.96. The number of hydrogen-bond donors (Lipinski definition) is 1. The normalized spacial score (nSPS) is 21.6. The minimum absolute atomic E-state index is 0. The summed E-state index contributed by atoms with van der Waals surface area (Å²) >= 11 is 0. The van der Waals surface area contributed by atoms with E-state index in [0.717, 1.165) is 38.2 Å². The molecule has 1 fully saturated rings. The van der Waals surface area contributed by atoms with Crippen LogP contribution in [0.25, 0.3) is 0 Å². The Labute approximate surface area is 126 Å². The number of carbonyl (C=O) groups excluding carboxylic acids is 1. The molecular weight excluding hydrogens is 274 g/mol. The largest absolute Gasteiger partial charge is 0.316 e. The van der Waals surface area contributed by atoms with E-state index < -0.39 is 0 Å². The lowest BCUT2D eigenvalue weighted by Gasteiger charge is -2.21. The minimum Gasteiger partial charge on any atom is -0.316 e. The van der Waals surface area contributed by atoms with Gasteiger partial charge in [0.25, 0.3) is 0 Å². The topological polar surface area (TPSA) is 35.6 Å². The maximum absolute atomic E-state index is 12.4. The predicted molar refractivity (Wildman–Crippen MR) is 83.7 cm³/mol. The number of fused-ring (bicyclic) bond motifs is 1. The van der Waals surface area contributed by atoms with Gasteiger partial charge in [-0.05, 0) is 31.5 Å². The van der Waals surface area contributed by atoms with E-state index in [1.54, 1.807) is 0 Å². The van der Waals surface area contributed by atoms with E-state index in [1.807, 2.05) is 24.1 Å². The number of amides is 1. The fraction of sp³-hybridized carbons (Fsp3) is 0.533. The van der Waals surface area contributed by atoms with Gasteiger partial charge in [0, 0.05) is 31.4 Å². The molecule has 1 atom stereocenters. The fourth-order valence-corrected chi connectivity index (χ4v) is 3.09. The number of hydrogen-bond acceptors (Lipinski definition) is 3. The Morgan fingerprint density at radius 2 is 2.15 bits per heavy atom. The molecule has 0 saturated carbocycles. The molecule has 110 valence electrons. The van der Waals surface area contributed by atoms with Crippen LogP contribution in [0.15, 0.2) is 24.3 Å². The molecule has 1 N–H and O–H groups in total. The van der Waals surface area contributed by atoms with Gasteiger partial charge >= 0.3 is 0 Å². The number of likely N-dealkylation sites (tertiary alicyclic amines) is 1. The Kier molecular flexibility index (Phi) is 5.02. The van der Waals surface area contributed by atoms with Gasteiger partial charge in [-0.3, -0.25) is 9.69 Å². The third-order valence-corrected chi connectivity index (χ3v) is 4.23. The first-order valence-corrected chi connectivity index (χ1v) is 7.06. The van der Waals surface area contributed by atoms with Crippen molar-refractivity contribution in [3.05, 3.63) is 29.8 Å². The van der Waals surface area contributed by atoms with Crippen molar-refractivity contribution in [2.45, 2.75) is 18.9 Å². The summed E-state index contributed by atoms with van der Waals surface area (Å²) in [4.78, 5) is 16.6. The average Bonchev–Trinajstić information content (AvgIpc) is 3.04. The molecule has 0 aromatic heterocycles. The second-order valence-corrected chi connectivity index (χ2v) is 5.43. The first-order chi connectivity index (χ1) is 9.28. The molecular formula is C15H22ClN3O. The van der Waals surface area contributed by atoms with E-state index in [0.29, 0.717) is 12.6 Å². The number of likely N-dealkylation sites (N-methyl/N-ethyl adjacent to an activating group) is 1. The Morgan fingerprint density at radius 3 is 2.90 bits per heavy atom. The summed E-state index contributed by atoms with van der Waals surface area (Å²) < 4.78 is 0. The maximum atomic E-state index is 12.4. The summed E-state index contributed by atoms with van der Waals surface area (Å²) in [6.07, 6.45) is 2.13. The van der Waals surface area contributed by atoms with Crippen LogP contribution in [0.3, 0.4) is 0 Å². The molecule has 0 aliphatic carbocycles. The number of nitrogens with one attached hydrogen (secondary N) is 1. The quantitative estimate of drug-likeness (QED) is 0.913. The van der Waals surface area contributed by atoms with Crippen molar-refractivity contribution >= 4 is 24.0 Å². The predicted octanol–water partition coefficient (Wildman–Crippen LogP) is 1.29. The Balaban J connectivity index is 0.00000147. The summed E-state index contributed by atoms with van der Waals surface area (Å²) in [6, 6.07) is 8.77. The molecule has 0 radical (unpaired) electrons. The Bertz CT molecular complexity index is 480. The van der Waals surface area contributed by atoms with Crippen LogP contribution in [0.2, 0.25) is 0 Å². The molecule has 2 aliphatic heterocycles. The van der Waals surface area contributed by atoms with Crippen LogP contribution in [0, 0.1) is 0 Å². The highest BCUT2D eigenvalue weighted by Crippen LogP contribution is 2.27. The van der Waals surface area contributed by atoms with Crippen molar-refractivity contribution in [3.8, 4) is 0 Å². The van der Waals surface area contributed by atoms with Crippen molar-refractivity contribution in [1.29, 1.82) is 0 Å². The monoisotopic (exact) mass is 295 g/mol. The van der Waals surface area contributed by atoms with Crippen molar-refractivity contribution in [1.82, 2.24) is 10.2 Å². The molecule has 5 heteroatoms. The highest BCUT2D eigenvalue weighted by Gasteiger charge is 2.28. The molecule has 2 aliphatic rings. The van der Waals surface area contributed by atoms with Crippen LogP contribution < -0.4 is 10.2 Å². The molecule has 1 saturated heterocycles. The van der Waals surface area contributed by atoms with Gasteiger partial charge in [0.05, 0.1) is 6.54 Å². The van der Waals surface area contributed by atoms with Gasteiger partial charge in [0.2, 0.25) is 5.91 Å². The van der Waals surface area contributed by atoms with Crippen molar-refractivity contribution < 1.29 is 4.79 Å². The number of rotatable bonds is 3. The lowest BCUT2D eigenvalue weighted by Crippen LogP contribution is -2.40. The molecule has 1 aromatic rings. The molecule has 20 heavy (non-hydrogen) atoms. The second-order valence-electron chi connectivity index (χ2n) is 5.43. The van der Waals surface area contributed by atoms with Gasteiger partial charge < -0.3 is 10.2 Å². The van der Waals surface area contributed by atoms with Gasteiger partial charge in [-0.2, -0.15) is 0 Å². The van der Waals surface area contributed by atoms with Crippen molar-refractivity contribution in [3.63, 3.8) is 0 Å². The third-order valence-electron chi connectivity index (χ3n) is 4.23.